The molecule has 4 aliphatic heterocycles. The average Bonchev–Trinajstić information content (AvgIpc) is 3.97. The number of piperidine rings is 1. The van der Waals surface area contributed by atoms with E-state index in [2.05, 4.69) is 26.3 Å². The van der Waals surface area contributed by atoms with E-state index in [0.717, 1.165) is 30.6 Å². The number of aromatic nitrogens is 4. The van der Waals surface area contributed by atoms with Gasteiger partial charge in [0.25, 0.3) is 5.92 Å². The Hall–Kier alpha value is -4.64. The SMILES string of the molecule is C1NC2CC1C2.COC(=O)N1C2CC(CN(c3cc(C(C)(F)F)ncn3)C2)C1c1cc2c(C)nc3c(F)c(-c4cccc(Cl)c4Cl)c(CCC#N)cc3c2[nH]1. The average molecular weight is 792 g/mol. The van der Waals surface area contributed by atoms with Crippen molar-refractivity contribution in [3.8, 4) is 17.2 Å². The summed E-state index contributed by atoms with van der Waals surface area (Å²) >= 11 is 12.9. The summed E-state index contributed by atoms with van der Waals surface area (Å²) in [5.41, 5.74) is 2.86. The van der Waals surface area contributed by atoms with E-state index in [0.29, 0.717) is 58.7 Å². The first kappa shape index (κ1) is 37.3. The molecule has 3 aromatic heterocycles. The van der Waals surface area contributed by atoms with Crippen LogP contribution >= 0.6 is 23.2 Å². The fraction of sp³-hybridized carbons (Fsp3) is 0.425. The largest absolute Gasteiger partial charge is 0.453 e. The van der Waals surface area contributed by atoms with E-state index in [1.807, 2.05) is 17.0 Å². The number of benzene rings is 2. The lowest BCUT2D eigenvalue weighted by Crippen LogP contribution is -2.44. The number of hydrogen-bond donors (Lipinski definition) is 2. The highest BCUT2D eigenvalue weighted by Crippen LogP contribution is 2.47. The number of halogens is 5. The van der Waals surface area contributed by atoms with Crippen LogP contribution in [0.4, 0.5) is 23.8 Å². The number of nitrogens with one attached hydrogen (secondary N) is 2. The lowest BCUT2D eigenvalue weighted by Gasteiger charge is -2.33. The summed E-state index contributed by atoms with van der Waals surface area (Å²) < 4.78 is 50.2. The van der Waals surface area contributed by atoms with Gasteiger partial charge in [0.15, 0.2) is 5.82 Å². The van der Waals surface area contributed by atoms with E-state index < -0.39 is 23.9 Å². The second-order valence-corrected chi connectivity index (χ2v) is 15.8. The highest BCUT2D eigenvalue weighted by molar-refractivity contribution is 6.43. The van der Waals surface area contributed by atoms with Gasteiger partial charge in [-0.15, -0.1) is 0 Å². The van der Waals surface area contributed by atoms with E-state index in [1.54, 1.807) is 30.0 Å². The third-order valence-corrected chi connectivity index (χ3v) is 12.3. The normalized spacial score (nSPS) is 22.7. The molecule has 15 heteroatoms. The monoisotopic (exact) mass is 790 g/mol. The van der Waals surface area contributed by atoms with Crippen LogP contribution in [0.15, 0.2) is 42.7 Å². The summed E-state index contributed by atoms with van der Waals surface area (Å²) in [6.07, 6.45) is 4.62. The molecular weight excluding hydrogens is 752 g/mol. The van der Waals surface area contributed by atoms with Crippen LogP contribution in [-0.4, -0.2) is 69.8 Å². The number of aryl methyl sites for hydroxylation is 2. The molecule has 1 saturated carbocycles. The lowest BCUT2D eigenvalue weighted by atomic mass is 9.87. The van der Waals surface area contributed by atoms with Gasteiger partial charge in [-0.05, 0) is 68.8 Å². The van der Waals surface area contributed by atoms with Gasteiger partial charge >= 0.3 is 6.09 Å². The van der Waals surface area contributed by atoms with Crippen molar-refractivity contribution in [2.45, 2.75) is 70.0 Å². The van der Waals surface area contributed by atoms with Crippen LogP contribution in [0.5, 0.6) is 0 Å². The zero-order valence-corrected chi connectivity index (χ0v) is 32.0. The Bertz CT molecular complexity index is 2340. The Kier molecular flexibility index (Phi) is 9.80. The summed E-state index contributed by atoms with van der Waals surface area (Å²) in [6, 6.07) is 12.4. The fourth-order valence-electron chi connectivity index (χ4n) is 8.84. The zero-order chi connectivity index (χ0) is 38.8. The van der Waals surface area contributed by atoms with Crippen LogP contribution in [0.2, 0.25) is 10.0 Å². The van der Waals surface area contributed by atoms with E-state index in [4.69, 9.17) is 32.9 Å². The van der Waals surface area contributed by atoms with Gasteiger partial charge in [0, 0.05) is 77.7 Å². The predicted octanol–water partition coefficient (Wildman–Crippen LogP) is 8.88. The number of likely N-dealkylation sites (tertiary alicyclic amines) is 1. The predicted molar refractivity (Wildman–Crippen MR) is 205 cm³/mol. The van der Waals surface area contributed by atoms with Gasteiger partial charge in [-0.3, -0.25) is 4.90 Å². The molecule has 10 rings (SSSR count). The van der Waals surface area contributed by atoms with Crippen molar-refractivity contribution in [3.05, 3.63) is 81.2 Å². The topological polar surface area (TPSA) is 123 Å². The third kappa shape index (κ3) is 6.72. The molecular formula is C40H39Cl2F3N8O2. The number of amides is 1. The molecule has 0 radical (unpaired) electrons. The van der Waals surface area contributed by atoms with Crippen LogP contribution in [0.3, 0.4) is 0 Å². The van der Waals surface area contributed by atoms with E-state index in [9.17, 15) is 18.8 Å². The van der Waals surface area contributed by atoms with Crippen LogP contribution < -0.4 is 10.2 Å². The summed E-state index contributed by atoms with van der Waals surface area (Å²) in [5, 5.41) is 14.5. The summed E-state index contributed by atoms with van der Waals surface area (Å²) in [6.45, 7) is 4.68. The van der Waals surface area contributed by atoms with Crippen LogP contribution in [-0.2, 0) is 17.1 Å². The Morgan fingerprint density at radius 3 is 2.60 bits per heavy atom. The number of ether oxygens (including phenoxy) is 1. The molecule has 55 heavy (non-hydrogen) atoms. The van der Waals surface area contributed by atoms with Gasteiger partial charge in [-0.25, -0.2) is 24.1 Å². The number of H-pyrrole nitrogens is 1. The molecule has 5 aliphatic rings. The molecule has 4 saturated heterocycles. The molecule has 5 fully saturated rings. The van der Waals surface area contributed by atoms with Crippen molar-refractivity contribution in [3.63, 3.8) is 0 Å². The summed E-state index contributed by atoms with van der Waals surface area (Å²) in [4.78, 5) is 33.1. The van der Waals surface area contributed by atoms with Gasteiger partial charge in [0.2, 0.25) is 0 Å². The number of rotatable bonds is 6. The number of methoxy groups -OCH3 is 1. The van der Waals surface area contributed by atoms with Crippen LogP contribution in [0.1, 0.15) is 61.3 Å². The number of aromatic amines is 1. The van der Waals surface area contributed by atoms with Crippen molar-refractivity contribution >= 4 is 56.9 Å². The first-order chi connectivity index (χ1) is 26.4. The number of nitrogens with zero attached hydrogens (tertiary/aromatic N) is 6. The van der Waals surface area contributed by atoms with Crippen LogP contribution in [0, 0.1) is 35.9 Å². The molecule has 1 aliphatic carbocycles. The highest BCUT2D eigenvalue weighted by Gasteiger charge is 2.50. The third-order valence-electron chi connectivity index (χ3n) is 11.5. The number of carbonyl (C=O) groups is 1. The van der Waals surface area contributed by atoms with Gasteiger partial charge in [0.05, 0.1) is 40.8 Å². The van der Waals surface area contributed by atoms with Crippen molar-refractivity contribution in [2.75, 3.05) is 31.6 Å². The fourth-order valence-corrected chi connectivity index (χ4v) is 9.24. The Morgan fingerprint density at radius 1 is 1.13 bits per heavy atom. The minimum atomic E-state index is -3.14. The number of pyridine rings is 1. The summed E-state index contributed by atoms with van der Waals surface area (Å²) in [7, 11) is 1.32. The Morgan fingerprint density at radius 2 is 1.93 bits per heavy atom. The van der Waals surface area contributed by atoms with Crippen molar-refractivity contribution < 1.29 is 22.7 Å². The first-order valence-corrected chi connectivity index (χ1v) is 19.1. The van der Waals surface area contributed by atoms with E-state index in [-0.39, 0.29) is 51.6 Å². The number of alkyl halides is 2. The smallest absolute Gasteiger partial charge is 0.410 e. The minimum absolute atomic E-state index is 0.120. The van der Waals surface area contributed by atoms with Crippen molar-refractivity contribution in [1.29, 1.82) is 5.26 Å². The maximum atomic E-state index is 16.7. The maximum absolute atomic E-state index is 16.7. The van der Waals surface area contributed by atoms with Crippen molar-refractivity contribution in [2.24, 2.45) is 11.8 Å². The number of hydrogen-bond acceptors (Lipinski definition) is 8. The second-order valence-electron chi connectivity index (χ2n) is 15.1. The molecule has 1 amide bonds. The molecule has 7 heterocycles. The molecule has 286 valence electrons. The molecule has 10 nitrogen and oxygen atoms in total. The number of anilines is 1. The van der Waals surface area contributed by atoms with E-state index >= 15 is 4.39 Å². The van der Waals surface area contributed by atoms with Gasteiger partial charge < -0.3 is 19.9 Å². The second kappa shape index (κ2) is 14.5. The van der Waals surface area contributed by atoms with Crippen LogP contribution in [0.25, 0.3) is 32.9 Å². The molecule has 2 N–H and O–H groups in total. The zero-order valence-electron chi connectivity index (χ0n) is 30.5. The molecule has 3 unspecified atom stereocenters. The van der Waals surface area contributed by atoms with E-state index in [1.165, 1.54) is 32.6 Å². The highest BCUT2D eigenvalue weighted by atomic mass is 35.5. The Labute approximate surface area is 326 Å². The quantitative estimate of drug-likeness (QED) is 0.175. The number of nitriles is 1. The number of carbonyl (C=O) groups excluding carboxylic acids is 1. The maximum Gasteiger partial charge on any atom is 0.410 e. The Balaban J connectivity index is 0.000000641. The molecule has 2 aromatic carbocycles. The lowest BCUT2D eigenvalue weighted by molar-refractivity contribution is 0.0126. The number of fused-ring (bicyclic) bond motifs is 6. The summed E-state index contributed by atoms with van der Waals surface area (Å²) in [5.74, 6) is -2.41. The van der Waals surface area contributed by atoms with Crippen molar-refractivity contribution in [1.82, 2.24) is 30.2 Å². The molecule has 4 bridgehead atoms. The molecule has 5 aromatic rings. The van der Waals surface area contributed by atoms with Gasteiger partial charge in [-0.1, -0.05) is 35.3 Å². The first-order valence-electron chi connectivity index (χ1n) is 18.4. The molecule has 0 spiro atoms. The standard InChI is InChI=1S/C35H30Cl2F3N7O2.C5H9N/c1-17-22-12-25(33-19-10-20(47(33)34(48)49-3)15-46(14-19)27-13-26(35(2,39)40)42-16-43-27)45-31(22)23-11-18(6-5-9-41)28(30(38)32(23)44-17)21-7-4-8-24(36)29(21)37;1-4-2-5(1)6-3-4/h4,7-8,11-13,16,19-20,33,45H,5-6,10,14-15H2,1-3H3;4-6H,1-3H2. The van der Waals surface area contributed by atoms with Gasteiger partial charge in [0.1, 0.15) is 23.4 Å². The molecule has 3 atom stereocenters. The van der Waals surface area contributed by atoms with Gasteiger partial charge in [-0.2, -0.15) is 14.0 Å². The minimum Gasteiger partial charge on any atom is -0.453 e.